The predicted octanol–water partition coefficient (Wildman–Crippen LogP) is 1.58. The molecule has 3 aromatic rings. The number of methoxy groups -OCH3 is 1. The van der Waals surface area contributed by atoms with Gasteiger partial charge in [0.2, 0.25) is 11.8 Å². The zero-order chi connectivity index (χ0) is 24.6. The first kappa shape index (κ1) is 23.2. The molecule has 2 amide bonds. The van der Waals surface area contributed by atoms with Gasteiger partial charge in [0.05, 0.1) is 18.7 Å². The number of hydrogen-bond donors (Lipinski definition) is 1. The highest BCUT2D eigenvalue weighted by molar-refractivity contribution is 6.06. The minimum atomic E-state index is -0.594. The summed E-state index contributed by atoms with van der Waals surface area (Å²) in [5, 5.41) is 3.08. The van der Waals surface area contributed by atoms with Gasteiger partial charge in [-0.25, -0.2) is 9.78 Å². The lowest BCUT2D eigenvalue weighted by Gasteiger charge is -2.18. The van der Waals surface area contributed by atoms with Gasteiger partial charge in [-0.1, -0.05) is 13.3 Å². The third kappa shape index (κ3) is 3.95. The lowest BCUT2D eigenvalue weighted by molar-refractivity contribution is -0.122. The minimum Gasteiger partial charge on any atom is -0.497 e. The number of pyridine rings is 1. The van der Waals surface area contributed by atoms with Gasteiger partial charge in [-0.15, -0.1) is 0 Å². The van der Waals surface area contributed by atoms with Crippen molar-refractivity contribution in [1.82, 2.24) is 14.1 Å². The molecule has 34 heavy (non-hydrogen) atoms. The largest absolute Gasteiger partial charge is 0.497 e. The maximum absolute atomic E-state index is 13.3. The number of benzene rings is 1. The van der Waals surface area contributed by atoms with Crippen LogP contribution in [0.5, 0.6) is 5.75 Å². The van der Waals surface area contributed by atoms with Gasteiger partial charge < -0.3 is 15.0 Å². The summed E-state index contributed by atoms with van der Waals surface area (Å²) in [5.41, 5.74) is 0.915. The summed E-state index contributed by atoms with van der Waals surface area (Å²) in [4.78, 5) is 57.2. The third-order valence-corrected chi connectivity index (χ3v) is 6.19. The van der Waals surface area contributed by atoms with Gasteiger partial charge in [0.25, 0.3) is 5.56 Å². The van der Waals surface area contributed by atoms with Crippen LogP contribution < -0.4 is 26.2 Å². The fraction of sp³-hybridized carbons (Fsp3) is 0.375. The highest BCUT2D eigenvalue weighted by Crippen LogP contribution is 2.29. The molecule has 1 fully saturated rings. The van der Waals surface area contributed by atoms with Crippen LogP contribution >= 0.6 is 0 Å². The number of nitrogens with one attached hydrogen (secondary N) is 1. The number of nitrogens with zero attached hydrogens (tertiary/aromatic N) is 4. The van der Waals surface area contributed by atoms with Gasteiger partial charge in [0.1, 0.15) is 11.1 Å². The van der Waals surface area contributed by atoms with Crippen molar-refractivity contribution in [1.29, 1.82) is 0 Å². The first-order valence-corrected chi connectivity index (χ1v) is 11.1. The molecule has 10 nitrogen and oxygen atoms in total. The van der Waals surface area contributed by atoms with E-state index >= 15 is 0 Å². The third-order valence-electron chi connectivity index (χ3n) is 6.19. The Morgan fingerprint density at radius 2 is 1.85 bits per heavy atom. The van der Waals surface area contributed by atoms with Gasteiger partial charge in [-0.3, -0.25) is 23.5 Å². The Hall–Kier alpha value is -3.95. The van der Waals surface area contributed by atoms with Crippen LogP contribution in [0.3, 0.4) is 0 Å². The van der Waals surface area contributed by atoms with E-state index in [0.717, 1.165) is 11.0 Å². The Morgan fingerprint density at radius 3 is 2.50 bits per heavy atom. The molecule has 0 bridgehead atoms. The quantitative estimate of drug-likeness (QED) is 0.591. The first-order chi connectivity index (χ1) is 16.3. The molecule has 1 aromatic carbocycles. The molecule has 1 atom stereocenters. The molecule has 3 heterocycles. The van der Waals surface area contributed by atoms with Gasteiger partial charge in [0.15, 0.2) is 5.65 Å². The number of aryl methyl sites for hydroxylation is 2. The fourth-order valence-corrected chi connectivity index (χ4v) is 4.29. The maximum atomic E-state index is 13.3. The summed E-state index contributed by atoms with van der Waals surface area (Å²) in [6, 6.07) is 7.07. The van der Waals surface area contributed by atoms with Crippen LogP contribution in [0.25, 0.3) is 11.0 Å². The van der Waals surface area contributed by atoms with E-state index in [9.17, 15) is 19.2 Å². The smallest absolute Gasteiger partial charge is 0.332 e. The van der Waals surface area contributed by atoms with E-state index in [4.69, 9.17) is 4.74 Å². The minimum absolute atomic E-state index is 0.0560. The van der Waals surface area contributed by atoms with E-state index in [0.29, 0.717) is 29.1 Å². The summed E-state index contributed by atoms with van der Waals surface area (Å²) in [6.45, 7) is 2.20. The number of carbonyl (C=O) groups excluding carboxylic acids is 2. The molecule has 0 spiro atoms. The summed E-state index contributed by atoms with van der Waals surface area (Å²) >= 11 is 0. The van der Waals surface area contributed by atoms with Crippen LogP contribution in [0.1, 0.15) is 25.3 Å². The van der Waals surface area contributed by atoms with Crippen molar-refractivity contribution in [3.05, 3.63) is 56.9 Å². The Labute approximate surface area is 195 Å². The summed E-state index contributed by atoms with van der Waals surface area (Å²) < 4.78 is 7.45. The van der Waals surface area contributed by atoms with E-state index in [1.54, 1.807) is 42.5 Å². The zero-order valence-corrected chi connectivity index (χ0v) is 19.6. The van der Waals surface area contributed by atoms with Gasteiger partial charge in [-0.05, 0) is 36.2 Å². The normalized spacial score (nSPS) is 15.7. The monoisotopic (exact) mass is 465 g/mol. The van der Waals surface area contributed by atoms with Crippen molar-refractivity contribution in [2.24, 2.45) is 20.0 Å². The second-order valence-electron chi connectivity index (χ2n) is 8.41. The van der Waals surface area contributed by atoms with Crippen LogP contribution in [0.2, 0.25) is 0 Å². The molecule has 0 aliphatic carbocycles. The van der Waals surface area contributed by atoms with Crippen LogP contribution in [-0.2, 0) is 30.1 Å². The average molecular weight is 466 g/mol. The standard InChI is InChI=1S/C24H27N5O5/c1-5-6-14-12-25-21-19(23(32)28(3)24(33)27(21)2)20(14)26-22(31)15-11-18(30)29(13-15)16-7-9-17(34-4)10-8-16/h7-10,12,15H,5-6,11,13H2,1-4H3,(H,25,26,31). The van der Waals surface area contributed by atoms with E-state index in [1.807, 2.05) is 6.92 Å². The lowest BCUT2D eigenvalue weighted by atomic mass is 10.0. The average Bonchev–Trinajstić information content (AvgIpc) is 3.24. The molecule has 0 radical (unpaired) electrons. The van der Waals surface area contributed by atoms with E-state index in [1.165, 1.54) is 18.7 Å². The molecule has 10 heteroatoms. The van der Waals surface area contributed by atoms with Gasteiger partial charge in [0, 0.05) is 38.9 Å². The highest BCUT2D eigenvalue weighted by Gasteiger charge is 2.35. The number of rotatable bonds is 6. The molecule has 0 saturated carbocycles. The first-order valence-electron chi connectivity index (χ1n) is 11.1. The molecule has 1 aliphatic heterocycles. The molecule has 1 unspecified atom stereocenters. The fourth-order valence-electron chi connectivity index (χ4n) is 4.29. The number of anilines is 2. The second kappa shape index (κ2) is 9.12. The van der Waals surface area contributed by atoms with Crippen molar-refractivity contribution in [3.8, 4) is 5.75 Å². The van der Waals surface area contributed by atoms with Gasteiger partial charge >= 0.3 is 5.69 Å². The van der Waals surface area contributed by atoms with Crippen molar-refractivity contribution < 1.29 is 14.3 Å². The van der Waals surface area contributed by atoms with Crippen LogP contribution in [-0.4, -0.2) is 39.6 Å². The van der Waals surface area contributed by atoms with Crippen LogP contribution in [0, 0.1) is 5.92 Å². The van der Waals surface area contributed by atoms with Crippen molar-refractivity contribution in [3.63, 3.8) is 0 Å². The Kier molecular flexibility index (Phi) is 6.23. The van der Waals surface area contributed by atoms with E-state index in [2.05, 4.69) is 10.3 Å². The van der Waals surface area contributed by atoms with Gasteiger partial charge in [-0.2, -0.15) is 0 Å². The summed E-state index contributed by atoms with van der Waals surface area (Å²) in [7, 11) is 4.49. The Morgan fingerprint density at radius 1 is 1.15 bits per heavy atom. The van der Waals surface area contributed by atoms with Crippen LogP contribution in [0.4, 0.5) is 11.4 Å². The molecule has 1 saturated heterocycles. The number of amides is 2. The Bertz CT molecular complexity index is 1390. The molecule has 1 aliphatic rings. The number of ether oxygens (including phenoxy) is 1. The summed E-state index contributed by atoms with van der Waals surface area (Å²) in [5.74, 6) is -0.431. The van der Waals surface area contributed by atoms with E-state index in [-0.39, 0.29) is 35.8 Å². The van der Waals surface area contributed by atoms with Crippen molar-refractivity contribution in [2.45, 2.75) is 26.2 Å². The van der Waals surface area contributed by atoms with Crippen molar-refractivity contribution >= 4 is 34.2 Å². The molecule has 178 valence electrons. The second-order valence-corrected chi connectivity index (χ2v) is 8.41. The highest BCUT2D eigenvalue weighted by atomic mass is 16.5. The molecule has 2 aromatic heterocycles. The molecule has 4 rings (SSSR count). The van der Waals surface area contributed by atoms with E-state index < -0.39 is 17.2 Å². The summed E-state index contributed by atoms with van der Waals surface area (Å²) in [6.07, 6.45) is 3.01. The molecule has 1 N–H and O–H groups in total. The molecular weight excluding hydrogens is 438 g/mol. The number of carbonyl (C=O) groups is 2. The number of aromatic nitrogens is 3. The maximum Gasteiger partial charge on any atom is 0.332 e. The predicted molar refractivity (Wildman–Crippen MR) is 128 cm³/mol. The SMILES string of the molecule is CCCc1cnc2c(c1NC(=O)C1CC(=O)N(c3ccc(OC)cc3)C1)c(=O)n(C)c(=O)n2C. The lowest BCUT2D eigenvalue weighted by Crippen LogP contribution is -2.38. The van der Waals surface area contributed by atoms with Crippen LogP contribution in [0.15, 0.2) is 40.1 Å². The zero-order valence-electron chi connectivity index (χ0n) is 19.6. The Balaban J connectivity index is 1.68. The molecular formula is C24H27N5O5. The van der Waals surface area contributed by atoms with Crippen molar-refractivity contribution in [2.75, 3.05) is 23.9 Å². The number of fused-ring (bicyclic) bond motifs is 1. The topological polar surface area (TPSA) is 116 Å². The number of hydrogen-bond acceptors (Lipinski definition) is 6.